The fourth-order valence-corrected chi connectivity index (χ4v) is 1.73. The number of hydrogen-bond donors (Lipinski definition) is 3. The maximum Gasteiger partial charge on any atom is 0.321 e. The number of imide groups is 1. The Kier molecular flexibility index (Phi) is 4.91. The number of urea groups is 1. The van der Waals surface area contributed by atoms with Gasteiger partial charge in [-0.15, -0.1) is 10.2 Å². The van der Waals surface area contributed by atoms with Crippen molar-refractivity contribution in [3.8, 4) is 0 Å². The summed E-state index contributed by atoms with van der Waals surface area (Å²) in [6, 6.07) is -0.531. The molecular weight excluding hydrogens is 244 g/mol. The summed E-state index contributed by atoms with van der Waals surface area (Å²) >= 11 is 1.19. The van der Waals surface area contributed by atoms with Crippen LogP contribution in [0.15, 0.2) is 5.16 Å². The summed E-state index contributed by atoms with van der Waals surface area (Å²) < 4.78 is 1.71. The van der Waals surface area contributed by atoms with Crippen LogP contribution in [0.4, 0.5) is 4.79 Å². The summed E-state index contributed by atoms with van der Waals surface area (Å²) in [5.74, 6) is 0.329. The molecular formula is C8H14N6O2S. The fourth-order valence-electron chi connectivity index (χ4n) is 1.00. The average molecular weight is 258 g/mol. The van der Waals surface area contributed by atoms with Crippen LogP contribution >= 0.6 is 11.8 Å². The highest BCUT2D eigenvalue weighted by Crippen LogP contribution is 2.14. The van der Waals surface area contributed by atoms with E-state index >= 15 is 0 Å². The summed E-state index contributed by atoms with van der Waals surface area (Å²) in [5, 5.41) is 12.7. The van der Waals surface area contributed by atoms with Gasteiger partial charge in [0.1, 0.15) is 5.82 Å². The van der Waals surface area contributed by atoms with Gasteiger partial charge in [0, 0.05) is 14.1 Å². The van der Waals surface area contributed by atoms with E-state index in [1.807, 2.05) is 0 Å². The third kappa shape index (κ3) is 3.71. The second kappa shape index (κ2) is 6.21. The van der Waals surface area contributed by atoms with Crippen molar-refractivity contribution in [3.63, 3.8) is 0 Å². The first kappa shape index (κ1) is 13.5. The lowest BCUT2D eigenvalue weighted by Gasteiger charge is -2.03. The zero-order valence-corrected chi connectivity index (χ0v) is 10.4. The zero-order valence-electron chi connectivity index (χ0n) is 9.56. The third-order valence-corrected chi connectivity index (χ3v) is 2.94. The van der Waals surface area contributed by atoms with Crippen molar-refractivity contribution in [1.82, 2.24) is 25.4 Å². The number of thioether (sulfide) groups is 1. The molecule has 0 fully saturated rings. The van der Waals surface area contributed by atoms with E-state index in [1.165, 1.54) is 18.8 Å². The molecule has 0 aliphatic carbocycles. The lowest BCUT2D eigenvalue weighted by atomic mass is 10.6. The number of amides is 3. The van der Waals surface area contributed by atoms with Gasteiger partial charge in [-0.3, -0.25) is 10.1 Å². The molecule has 0 aliphatic heterocycles. The molecule has 0 bridgehead atoms. The monoisotopic (exact) mass is 258 g/mol. The number of hydrogen-bond acceptors (Lipinski definition) is 6. The highest BCUT2D eigenvalue weighted by Gasteiger charge is 2.11. The molecule has 0 aromatic carbocycles. The van der Waals surface area contributed by atoms with E-state index in [0.29, 0.717) is 11.0 Å². The minimum absolute atomic E-state index is 0.0873. The Morgan fingerprint density at radius 1 is 1.47 bits per heavy atom. The second-order valence-electron chi connectivity index (χ2n) is 3.08. The van der Waals surface area contributed by atoms with Gasteiger partial charge in [0.05, 0.1) is 12.3 Å². The van der Waals surface area contributed by atoms with Gasteiger partial charge in [0.25, 0.3) is 0 Å². The van der Waals surface area contributed by atoms with Crippen molar-refractivity contribution in [2.45, 2.75) is 11.7 Å². The van der Waals surface area contributed by atoms with Crippen LogP contribution in [-0.4, -0.2) is 39.5 Å². The Hall–Kier alpha value is -1.61. The molecule has 0 aliphatic rings. The van der Waals surface area contributed by atoms with Crippen molar-refractivity contribution in [3.05, 3.63) is 5.82 Å². The van der Waals surface area contributed by atoms with E-state index in [-0.39, 0.29) is 12.3 Å². The molecule has 1 rings (SSSR count). The molecule has 1 aromatic rings. The van der Waals surface area contributed by atoms with Gasteiger partial charge >= 0.3 is 6.03 Å². The van der Waals surface area contributed by atoms with Crippen molar-refractivity contribution < 1.29 is 9.59 Å². The van der Waals surface area contributed by atoms with E-state index in [0.717, 1.165) is 0 Å². The predicted molar refractivity (Wildman–Crippen MR) is 62.2 cm³/mol. The van der Waals surface area contributed by atoms with E-state index in [9.17, 15) is 9.59 Å². The smallest absolute Gasteiger partial charge is 0.321 e. The number of rotatable bonds is 4. The molecule has 0 unspecified atom stereocenters. The number of nitrogens with one attached hydrogen (secondary N) is 2. The van der Waals surface area contributed by atoms with Crippen LogP contribution in [0.3, 0.4) is 0 Å². The van der Waals surface area contributed by atoms with Crippen LogP contribution in [0.5, 0.6) is 0 Å². The standard InChI is InChI=1S/C8H14N6O2S/c1-10-7(16)11-6(15)4-17-8-13-12-5(3-9)14(8)2/h3-4,9H2,1-2H3,(H2,10,11,15,16). The number of nitrogens with two attached hydrogens (primary N) is 1. The number of carbonyl (C=O) groups is 2. The minimum atomic E-state index is -0.531. The van der Waals surface area contributed by atoms with Gasteiger partial charge in [-0.2, -0.15) is 0 Å². The summed E-state index contributed by atoms with van der Waals surface area (Å²) in [4.78, 5) is 22.1. The Morgan fingerprint density at radius 2 is 2.18 bits per heavy atom. The zero-order chi connectivity index (χ0) is 12.8. The molecule has 4 N–H and O–H groups in total. The number of carbonyl (C=O) groups excluding carboxylic acids is 2. The molecule has 0 saturated heterocycles. The van der Waals surface area contributed by atoms with Crippen molar-refractivity contribution in [2.75, 3.05) is 12.8 Å². The van der Waals surface area contributed by atoms with E-state index in [1.54, 1.807) is 11.6 Å². The Balaban J connectivity index is 2.47. The summed E-state index contributed by atoms with van der Waals surface area (Å²) in [7, 11) is 3.20. The molecule has 1 aromatic heterocycles. The summed E-state index contributed by atoms with van der Waals surface area (Å²) in [6.45, 7) is 0.286. The molecule has 3 amide bonds. The maximum absolute atomic E-state index is 11.3. The first-order valence-electron chi connectivity index (χ1n) is 4.81. The van der Waals surface area contributed by atoms with E-state index < -0.39 is 11.9 Å². The van der Waals surface area contributed by atoms with Gasteiger partial charge in [-0.1, -0.05) is 11.8 Å². The topological polar surface area (TPSA) is 115 Å². The largest absolute Gasteiger partial charge is 0.341 e. The Morgan fingerprint density at radius 3 is 2.71 bits per heavy atom. The quantitative estimate of drug-likeness (QED) is 0.586. The van der Waals surface area contributed by atoms with Crippen LogP contribution < -0.4 is 16.4 Å². The molecule has 0 atom stereocenters. The third-order valence-electron chi connectivity index (χ3n) is 1.92. The molecule has 94 valence electrons. The van der Waals surface area contributed by atoms with Crippen molar-refractivity contribution in [2.24, 2.45) is 12.8 Å². The number of aromatic nitrogens is 3. The van der Waals surface area contributed by atoms with Crippen molar-refractivity contribution >= 4 is 23.7 Å². The van der Waals surface area contributed by atoms with Gasteiger partial charge in [0.15, 0.2) is 5.16 Å². The average Bonchev–Trinajstić information content (AvgIpc) is 2.67. The molecule has 0 saturated carbocycles. The predicted octanol–water partition coefficient (Wildman–Crippen LogP) is -1.18. The molecule has 1 heterocycles. The molecule has 0 radical (unpaired) electrons. The van der Waals surface area contributed by atoms with Gasteiger partial charge in [-0.05, 0) is 0 Å². The molecule has 8 nitrogen and oxygen atoms in total. The normalized spacial score (nSPS) is 10.1. The Bertz CT molecular complexity index is 418. The highest BCUT2D eigenvalue weighted by molar-refractivity contribution is 7.99. The maximum atomic E-state index is 11.3. The highest BCUT2D eigenvalue weighted by atomic mass is 32.2. The van der Waals surface area contributed by atoms with Gasteiger partial charge in [-0.25, -0.2) is 4.79 Å². The number of nitrogens with zero attached hydrogens (tertiary/aromatic N) is 3. The summed E-state index contributed by atoms with van der Waals surface area (Å²) in [5.41, 5.74) is 5.44. The van der Waals surface area contributed by atoms with E-state index in [4.69, 9.17) is 5.73 Å². The minimum Gasteiger partial charge on any atom is -0.341 e. The molecule has 9 heteroatoms. The first-order valence-corrected chi connectivity index (χ1v) is 5.79. The molecule has 0 spiro atoms. The van der Waals surface area contributed by atoms with Crippen LogP contribution in [0.25, 0.3) is 0 Å². The lowest BCUT2D eigenvalue weighted by Crippen LogP contribution is -2.38. The van der Waals surface area contributed by atoms with E-state index in [2.05, 4.69) is 20.8 Å². The SMILES string of the molecule is CNC(=O)NC(=O)CSc1nnc(CN)n1C. The molecule has 17 heavy (non-hydrogen) atoms. The van der Waals surface area contributed by atoms with Crippen LogP contribution in [0.2, 0.25) is 0 Å². The van der Waals surface area contributed by atoms with Crippen LogP contribution in [-0.2, 0) is 18.4 Å². The van der Waals surface area contributed by atoms with Crippen molar-refractivity contribution in [1.29, 1.82) is 0 Å². The second-order valence-corrected chi connectivity index (χ2v) is 4.02. The Labute approximate surface area is 102 Å². The van der Waals surface area contributed by atoms with Crippen LogP contribution in [0.1, 0.15) is 5.82 Å². The van der Waals surface area contributed by atoms with Crippen LogP contribution in [0, 0.1) is 0 Å². The first-order chi connectivity index (χ1) is 8.08. The van der Waals surface area contributed by atoms with Gasteiger partial charge < -0.3 is 15.6 Å². The lowest BCUT2D eigenvalue weighted by molar-refractivity contribution is -0.117. The fraction of sp³-hybridized carbons (Fsp3) is 0.500. The van der Waals surface area contributed by atoms with Gasteiger partial charge in [0.2, 0.25) is 5.91 Å². The summed E-state index contributed by atoms with van der Waals surface area (Å²) in [6.07, 6.45) is 0.